The van der Waals surface area contributed by atoms with Crippen LogP contribution in [0.2, 0.25) is 10.0 Å². The summed E-state index contributed by atoms with van der Waals surface area (Å²) in [6.07, 6.45) is 1.46. The molecule has 0 unspecified atom stereocenters. The number of carbonyl (C=O) groups is 1. The Hall–Kier alpha value is -2.24. The number of phenolic OH excluding ortho intramolecular Hbond substituents is 1. The molecule has 2 aromatic carbocycles. The zero-order valence-corrected chi connectivity index (χ0v) is 15.8. The number of nitrogens with zero attached hydrogens (tertiary/aromatic N) is 1. The van der Waals surface area contributed by atoms with E-state index < -0.39 is 0 Å². The first-order valence-corrected chi connectivity index (χ1v) is 8.98. The van der Waals surface area contributed by atoms with Gasteiger partial charge in [-0.3, -0.25) is 4.79 Å². The average Bonchev–Trinajstić information content (AvgIpc) is 2.62. The number of hydrogen-bond acceptors (Lipinski definition) is 4. The van der Waals surface area contributed by atoms with E-state index in [2.05, 4.69) is 10.5 Å². The van der Waals surface area contributed by atoms with Crippen molar-refractivity contribution in [3.8, 4) is 11.5 Å². The Morgan fingerprint density at radius 3 is 2.58 bits per heavy atom. The van der Waals surface area contributed by atoms with Crippen LogP contribution in [0.15, 0.2) is 47.6 Å². The van der Waals surface area contributed by atoms with Crippen molar-refractivity contribution in [1.29, 1.82) is 0 Å². The third kappa shape index (κ3) is 6.24. The van der Waals surface area contributed by atoms with Crippen LogP contribution >= 0.6 is 23.2 Å². The van der Waals surface area contributed by atoms with Gasteiger partial charge in [-0.2, -0.15) is 5.10 Å². The molecule has 0 spiro atoms. The molecular weight excluding hydrogens is 375 g/mol. The molecule has 138 valence electrons. The minimum Gasteiger partial charge on any atom is -0.508 e. The molecule has 0 saturated carbocycles. The first kappa shape index (κ1) is 20.1. The predicted molar refractivity (Wildman–Crippen MR) is 104 cm³/mol. The first-order chi connectivity index (χ1) is 12.5. The first-order valence-electron chi connectivity index (χ1n) is 8.22. The van der Waals surface area contributed by atoms with E-state index in [4.69, 9.17) is 27.9 Å². The fourth-order valence-corrected chi connectivity index (χ4v) is 2.66. The van der Waals surface area contributed by atoms with E-state index in [1.165, 1.54) is 0 Å². The molecule has 1 amide bonds. The highest BCUT2D eigenvalue weighted by molar-refractivity contribution is 6.35. The zero-order chi connectivity index (χ0) is 18.9. The van der Waals surface area contributed by atoms with E-state index in [0.717, 1.165) is 11.3 Å². The van der Waals surface area contributed by atoms with Crippen LogP contribution in [0.3, 0.4) is 0 Å². The Kier molecular flexibility index (Phi) is 7.75. The summed E-state index contributed by atoms with van der Waals surface area (Å²) in [5.74, 6) is 0.532. The molecule has 0 bridgehead atoms. The van der Waals surface area contributed by atoms with Crippen molar-refractivity contribution in [3.05, 3.63) is 58.1 Å². The summed E-state index contributed by atoms with van der Waals surface area (Å²) in [5, 5.41) is 14.5. The number of amides is 1. The molecule has 5 nitrogen and oxygen atoms in total. The third-order valence-electron chi connectivity index (χ3n) is 3.55. The summed E-state index contributed by atoms with van der Waals surface area (Å²) < 4.78 is 5.54. The average molecular weight is 395 g/mol. The molecule has 7 heteroatoms. The Balaban J connectivity index is 1.78. The molecule has 0 aliphatic rings. The molecule has 0 atom stereocenters. The largest absolute Gasteiger partial charge is 0.508 e. The van der Waals surface area contributed by atoms with Crippen LogP contribution in [0.1, 0.15) is 31.7 Å². The van der Waals surface area contributed by atoms with Gasteiger partial charge in [-0.15, -0.1) is 0 Å². The fourth-order valence-electron chi connectivity index (χ4n) is 2.19. The van der Waals surface area contributed by atoms with Gasteiger partial charge < -0.3 is 9.84 Å². The van der Waals surface area contributed by atoms with Crippen molar-refractivity contribution >= 4 is 34.8 Å². The van der Waals surface area contributed by atoms with Crippen LogP contribution < -0.4 is 10.2 Å². The van der Waals surface area contributed by atoms with Gasteiger partial charge >= 0.3 is 0 Å². The highest BCUT2D eigenvalue weighted by atomic mass is 35.5. The van der Waals surface area contributed by atoms with Crippen LogP contribution in [0.5, 0.6) is 11.5 Å². The fraction of sp³-hybridized carbons (Fsp3) is 0.263. The van der Waals surface area contributed by atoms with Crippen LogP contribution in [-0.4, -0.2) is 23.3 Å². The van der Waals surface area contributed by atoms with E-state index >= 15 is 0 Å². The third-order valence-corrected chi connectivity index (χ3v) is 4.08. The Bertz CT molecular complexity index is 777. The number of hydrogen-bond donors (Lipinski definition) is 2. The second-order valence-electron chi connectivity index (χ2n) is 5.52. The summed E-state index contributed by atoms with van der Waals surface area (Å²) in [4.78, 5) is 11.9. The second-order valence-corrected chi connectivity index (χ2v) is 6.36. The molecule has 0 saturated heterocycles. The molecule has 26 heavy (non-hydrogen) atoms. The summed E-state index contributed by atoms with van der Waals surface area (Å²) in [6, 6.07) is 11.7. The number of ether oxygens (including phenoxy) is 1. The molecule has 0 aromatic heterocycles. The molecule has 2 aromatic rings. The van der Waals surface area contributed by atoms with Crippen LogP contribution in [0.25, 0.3) is 0 Å². The second kappa shape index (κ2) is 10.0. The Morgan fingerprint density at radius 2 is 1.92 bits per heavy atom. The molecule has 2 rings (SSSR count). The van der Waals surface area contributed by atoms with Crippen LogP contribution in [0.4, 0.5) is 0 Å². The maximum Gasteiger partial charge on any atom is 0.240 e. The van der Waals surface area contributed by atoms with E-state index in [1.807, 2.05) is 6.92 Å². The van der Waals surface area contributed by atoms with Gasteiger partial charge in [0, 0.05) is 11.4 Å². The van der Waals surface area contributed by atoms with Crippen LogP contribution in [-0.2, 0) is 4.79 Å². The number of phenols is 1. The summed E-state index contributed by atoms with van der Waals surface area (Å²) in [7, 11) is 0. The molecule has 0 heterocycles. The van der Waals surface area contributed by atoms with Gasteiger partial charge in [0.25, 0.3) is 0 Å². The lowest BCUT2D eigenvalue weighted by Gasteiger charge is -2.08. The molecule has 0 aliphatic carbocycles. The van der Waals surface area contributed by atoms with Crippen molar-refractivity contribution in [2.75, 3.05) is 6.61 Å². The van der Waals surface area contributed by atoms with Gasteiger partial charge in [0.15, 0.2) is 0 Å². The van der Waals surface area contributed by atoms with Gasteiger partial charge in [0.05, 0.1) is 17.3 Å². The SMILES string of the molecule is CC/C(=N\NC(=O)CCCOc1ccc(Cl)cc1Cl)c1ccc(O)cc1. The lowest BCUT2D eigenvalue weighted by Crippen LogP contribution is -2.20. The van der Waals surface area contributed by atoms with Gasteiger partial charge in [0.1, 0.15) is 11.5 Å². The number of nitrogens with one attached hydrogen (secondary N) is 1. The maximum absolute atomic E-state index is 11.9. The highest BCUT2D eigenvalue weighted by Crippen LogP contribution is 2.27. The number of halogens is 2. The number of carbonyl (C=O) groups excluding carboxylic acids is 1. The minimum atomic E-state index is -0.194. The number of aromatic hydroxyl groups is 1. The Morgan fingerprint density at radius 1 is 1.19 bits per heavy atom. The van der Waals surface area contributed by atoms with Crippen LogP contribution in [0, 0.1) is 0 Å². The highest BCUT2D eigenvalue weighted by Gasteiger charge is 2.06. The minimum absolute atomic E-state index is 0.189. The quantitative estimate of drug-likeness (QED) is 0.384. The smallest absolute Gasteiger partial charge is 0.240 e. The lowest BCUT2D eigenvalue weighted by molar-refractivity contribution is -0.121. The lowest BCUT2D eigenvalue weighted by atomic mass is 10.1. The van der Waals surface area contributed by atoms with Gasteiger partial charge in [0.2, 0.25) is 5.91 Å². The standard InChI is InChI=1S/C19H20Cl2N2O3/c1-2-17(13-5-8-15(24)9-6-13)22-23-19(25)4-3-11-26-18-10-7-14(20)12-16(18)21/h5-10,12,24H,2-4,11H2,1H3,(H,23,25)/b22-17+. The molecular formula is C19H20Cl2N2O3. The molecule has 0 radical (unpaired) electrons. The van der Waals surface area contributed by atoms with Crippen molar-refractivity contribution in [1.82, 2.24) is 5.43 Å². The van der Waals surface area contributed by atoms with E-state index in [0.29, 0.717) is 35.2 Å². The number of benzene rings is 2. The van der Waals surface area contributed by atoms with Crippen molar-refractivity contribution < 1.29 is 14.6 Å². The van der Waals surface area contributed by atoms with E-state index in [-0.39, 0.29) is 18.1 Å². The van der Waals surface area contributed by atoms with E-state index in [1.54, 1.807) is 42.5 Å². The predicted octanol–water partition coefficient (Wildman–Crippen LogP) is 4.79. The topological polar surface area (TPSA) is 70.9 Å². The summed E-state index contributed by atoms with van der Waals surface area (Å²) in [6.45, 7) is 2.30. The molecule has 2 N–H and O–H groups in total. The van der Waals surface area contributed by atoms with Gasteiger partial charge in [-0.25, -0.2) is 5.43 Å². The maximum atomic E-state index is 11.9. The summed E-state index contributed by atoms with van der Waals surface area (Å²) >= 11 is 11.8. The Labute approximate surface area is 162 Å². The van der Waals surface area contributed by atoms with Crippen molar-refractivity contribution in [2.45, 2.75) is 26.2 Å². The molecule has 0 fully saturated rings. The zero-order valence-electron chi connectivity index (χ0n) is 14.3. The van der Waals surface area contributed by atoms with Crippen molar-refractivity contribution in [3.63, 3.8) is 0 Å². The number of rotatable bonds is 8. The van der Waals surface area contributed by atoms with Crippen molar-refractivity contribution in [2.24, 2.45) is 5.10 Å². The summed E-state index contributed by atoms with van der Waals surface area (Å²) in [5.41, 5.74) is 4.14. The van der Waals surface area contributed by atoms with Gasteiger partial charge in [-0.05, 0) is 60.9 Å². The van der Waals surface area contributed by atoms with E-state index in [9.17, 15) is 9.90 Å². The monoisotopic (exact) mass is 394 g/mol. The van der Waals surface area contributed by atoms with Gasteiger partial charge in [-0.1, -0.05) is 30.1 Å². The normalized spacial score (nSPS) is 11.3. The molecule has 0 aliphatic heterocycles. The number of hydrazone groups is 1.